The topological polar surface area (TPSA) is 50.7 Å². The second-order valence-corrected chi connectivity index (χ2v) is 4.84. The Balaban J connectivity index is 2.05. The lowest BCUT2D eigenvalue weighted by atomic mass is 10.1. The summed E-state index contributed by atoms with van der Waals surface area (Å²) in [5.74, 6) is 1.74. The van der Waals surface area contributed by atoms with E-state index in [1.54, 1.807) is 20.3 Å². The molecule has 0 amide bonds. The predicted molar refractivity (Wildman–Crippen MR) is 82.9 cm³/mol. The van der Waals surface area contributed by atoms with Gasteiger partial charge in [-0.2, -0.15) is 0 Å². The van der Waals surface area contributed by atoms with Gasteiger partial charge in [0.05, 0.1) is 14.2 Å². The highest BCUT2D eigenvalue weighted by Gasteiger charge is 2.11. The van der Waals surface area contributed by atoms with E-state index in [1.165, 1.54) is 0 Å². The summed E-state index contributed by atoms with van der Waals surface area (Å²) in [4.78, 5) is 0. The molecule has 1 atom stereocenters. The average molecular weight is 287 g/mol. The Hall–Kier alpha value is -2.20. The number of benzene rings is 2. The second-order valence-electron chi connectivity index (χ2n) is 4.84. The number of phenolic OH excluding ortho intramolecular Hbond substituents is 1. The molecule has 4 nitrogen and oxygen atoms in total. The van der Waals surface area contributed by atoms with Crippen LogP contribution in [0.5, 0.6) is 17.2 Å². The highest BCUT2D eigenvalue weighted by Crippen LogP contribution is 2.26. The lowest BCUT2D eigenvalue weighted by Crippen LogP contribution is -2.18. The third-order valence-corrected chi connectivity index (χ3v) is 3.50. The molecule has 2 rings (SSSR count). The molecule has 2 aromatic rings. The van der Waals surface area contributed by atoms with Crippen molar-refractivity contribution in [3.63, 3.8) is 0 Å². The molecule has 112 valence electrons. The minimum Gasteiger partial charge on any atom is -0.507 e. The molecular formula is C17H21NO3. The minimum absolute atomic E-state index is 0.114. The number of methoxy groups -OCH3 is 2. The van der Waals surface area contributed by atoms with Gasteiger partial charge in [-0.05, 0) is 19.1 Å². The third kappa shape index (κ3) is 3.67. The number of rotatable bonds is 6. The molecule has 2 N–H and O–H groups in total. The lowest BCUT2D eigenvalue weighted by Gasteiger charge is -2.17. The van der Waals surface area contributed by atoms with Crippen molar-refractivity contribution in [2.45, 2.75) is 19.5 Å². The Morgan fingerprint density at radius 2 is 1.86 bits per heavy atom. The Bertz CT molecular complexity index is 598. The number of phenols is 1. The zero-order chi connectivity index (χ0) is 15.2. The smallest absolute Gasteiger partial charge is 0.123 e. The summed E-state index contributed by atoms with van der Waals surface area (Å²) in [5, 5.41) is 13.3. The highest BCUT2D eigenvalue weighted by atomic mass is 16.5. The van der Waals surface area contributed by atoms with E-state index in [0.717, 1.165) is 16.9 Å². The van der Waals surface area contributed by atoms with Gasteiger partial charge in [-0.15, -0.1) is 0 Å². The van der Waals surface area contributed by atoms with Gasteiger partial charge in [0.25, 0.3) is 0 Å². The van der Waals surface area contributed by atoms with E-state index >= 15 is 0 Å². The molecule has 2 aromatic carbocycles. The van der Waals surface area contributed by atoms with Crippen LogP contribution in [0.2, 0.25) is 0 Å². The maximum absolute atomic E-state index is 9.96. The number of aromatic hydroxyl groups is 1. The minimum atomic E-state index is 0.114. The molecule has 4 heteroatoms. The first kappa shape index (κ1) is 15.2. The first-order valence-electron chi connectivity index (χ1n) is 6.88. The van der Waals surface area contributed by atoms with Crippen LogP contribution in [0.25, 0.3) is 0 Å². The Kier molecular flexibility index (Phi) is 5.06. The maximum atomic E-state index is 9.96. The first-order chi connectivity index (χ1) is 10.2. The normalized spacial score (nSPS) is 12.0. The highest BCUT2D eigenvalue weighted by molar-refractivity contribution is 5.40. The average Bonchev–Trinajstić information content (AvgIpc) is 2.53. The van der Waals surface area contributed by atoms with Gasteiger partial charge in [-0.1, -0.05) is 24.3 Å². The van der Waals surface area contributed by atoms with Crippen molar-refractivity contribution in [2.24, 2.45) is 0 Å². The molecule has 0 saturated carbocycles. The molecule has 0 aromatic heterocycles. The van der Waals surface area contributed by atoms with Gasteiger partial charge in [0.2, 0.25) is 0 Å². The standard InChI is InChI=1S/C17H21NO3/c1-12(15-6-4-5-7-17(15)21-3)18-11-13-8-9-14(20-2)10-16(13)19/h4-10,12,18-19H,11H2,1-3H3/t12-/m0/s1. The summed E-state index contributed by atoms with van der Waals surface area (Å²) in [7, 11) is 3.25. The first-order valence-corrected chi connectivity index (χ1v) is 6.88. The van der Waals surface area contributed by atoms with E-state index in [4.69, 9.17) is 9.47 Å². The Morgan fingerprint density at radius 3 is 2.52 bits per heavy atom. The molecule has 0 radical (unpaired) electrons. The van der Waals surface area contributed by atoms with E-state index < -0.39 is 0 Å². The molecule has 0 fully saturated rings. The number of ether oxygens (including phenoxy) is 2. The summed E-state index contributed by atoms with van der Waals surface area (Å²) < 4.78 is 10.4. The monoisotopic (exact) mass is 287 g/mol. The van der Waals surface area contributed by atoms with Gasteiger partial charge in [0, 0.05) is 29.8 Å². The van der Waals surface area contributed by atoms with Crippen LogP contribution in [0.1, 0.15) is 24.1 Å². The lowest BCUT2D eigenvalue weighted by molar-refractivity contribution is 0.399. The molecular weight excluding hydrogens is 266 g/mol. The fourth-order valence-electron chi connectivity index (χ4n) is 2.22. The molecule has 0 heterocycles. The summed E-state index contributed by atoms with van der Waals surface area (Å²) in [6.07, 6.45) is 0. The van der Waals surface area contributed by atoms with Crippen molar-refractivity contribution >= 4 is 0 Å². The van der Waals surface area contributed by atoms with Gasteiger partial charge in [0.15, 0.2) is 0 Å². The van der Waals surface area contributed by atoms with Crippen LogP contribution in [0.4, 0.5) is 0 Å². The van der Waals surface area contributed by atoms with Gasteiger partial charge >= 0.3 is 0 Å². The van der Waals surface area contributed by atoms with Crippen molar-refractivity contribution < 1.29 is 14.6 Å². The summed E-state index contributed by atoms with van der Waals surface area (Å²) in [6.45, 7) is 2.63. The number of para-hydroxylation sites is 1. The van der Waals surface area contributed by atoms with Gasteiger partial charge < -0.3 is 19.9 Å². The summed E-state index contributed by atoms with van der Waals surface area (Å²) in [5.41, 5.74) is 1.92. The molecule has 0 aliphatic heterocycles. The van der Waals surface area contributed by atoms with Crippen molar-refractivity contribution in [1.29, 1.82) is 0 Å². The van der Waals surface area contributed by atoms with Crippen LogP contribution in [0.15, 0.2) is 42.5 Å². The van der Waals surface area contributed by atoms with Crippen molar-refractivity contribution in [1.82, 2.24) is 5.32 Å². The van der Waals surface area contributed by atoms with Crippen LogP contribution in [-0.2, 0) is 6.54 Å². The molecule has 0 unspecified atom stereocenters. The summed E-state index contributed by atoms with van der Waals surface area (Å²) >= 11 is 0. The predicted octanol–water partition coefficient (Wildman–Crippen LogP) is 3.26. The molecule has 0 aliphatic rings. The van der Waals surface area contributed by atoms with Crippen molar-refractivity contribution in [3.8, 4) is 17.2 Å². The van der Waals surface area contributed by atoms with E-state index in [9.17, 15) is 5.11 Å². The molecule has 0 aliphatic carbocycles. The van der Waals surface area contributed by atoms with Crippen LogP contribution in [-0.4, -0.2) is 19.3 Å². The van der Waals surface area contributed by atoms with Crippen molar-refractivity contribution in [3.05, 3.63) is 53.6 Å². The van der Waals surface area contributed by atoms with Gasteiger partial charge in [-0.25, -0.2) is 0 Å². The largest absolute Gasteiger partial charge is 0.507 e. The molecule has 0 saturated heterocycles. The van der Waals surface area contributed by atoms with Crippen LogP contribution < -0.4 is 14.8 Å². The van der Waals surface area contributed by atoms with Crippen LogP contribution in [0, 0.1) is 0 Å². The van der Waals surface area contributed by atoms with E-state index in [2.05, 4.69) is 12.2 Å². The van der Waals surface area contributed by atoms with Crippen molar-refractivity contribution in [2.75, 3.05) is 14.2 Å². The fourth-order valence-corrected chi connectivity index (χ4v) is 2.22. The van der Waals surface area contributed by atoms with Gasteiger partial charge in [-0.3, -0.25) is 0 Å². The Morgan fingerprint density at radius 1 is 1.10 bits per heavy atom. The second kappa shape index (κ2) is 6.99. The molecule has 21 heavy (non-hydrogen) atoms. The zero-order valence-corrected chi connectivity index (χ0v) is 12.6. The third-order valence-electron chi connectivity index (χ3n) is 3.50. The molecule has 0 spiro atoms. The van der Waals surface area contributed by atoms with E-state index in [0.29, 0.717) is 12.3 Å². The SMILES string of the molecule is COc1ccc(CN[C@@H](C)c2ccccc2OC)c(O)c1. The fraction of sp³-hybridized carbons (Fsp3) is 0.294. The Labute approximate surface area is 125 Å². The van der Waals surface area contributed by atoms with Crippen LogP contribution >= 0.6 is 0 Å². The van der Waals surface area contributed by atoms with E-state index in [1.807, 2.05) is 36.4 Å². The van der Waals surface area contributed by atoms with Gasteiger partial charge in [0.1, 0.15) is 17.2 Å². The quantitative estimate of drug-likeness (QED) is 0.856. The van der Waals surface area contributed by atoms with E-state index in [-0.39, 0.29) is 11.8 Å². The molecule has 0 bridgehead atoms. The summed E-state index contributed by atoms with van der Waals surface area (Å²) in [6, 6.07) is 13.3. The zero-order valence-electron chi connectivity index (χ0n) is 12.6. The van der Waals surface area contributed by atoms with Crippen LogP contribution in [0.3, 0.4) is 0 Å². The number of hydrogen-bond acceptors (Lipinski definition) is 4. The maximum Gasteiger partial charge on any atom is 0.123 e. The number of hydrogen-bond donors (Lipinski definition) is 2. The number of nitrogens with one attached hydrogen (secondary N) is 1.